The van der Waals surface area contributed by atoms with Crippen LogP contribution in [0.1, 0.15) is 50.7 Å². The summed E-state index contributed by atoms with van der Waals surface area (Å²) in [5.74, 6) is 1.53. The van der Waals surface area contributed by atoms with Crippen LogP contribution in [0.15, 0.2) is 5.38 Å². The van der Waals surface area contributed by atoms with E-state index in [1.165, 1.54) is 19.3 Å². The van der Waals surface area contributed by atoms with Gasteiger partial charge in [-0.15, -0.1) is 11.3 Å². The molecule has 2 rings (SSSR count). The first kappa shape index (κ1) is 17.4. The maximum absolute atomic E-state index is 11.4. The molecule has 22 heavy (non-hydrogen) atoms. The molecule has 2 unspecified atom stereocenters. The van der Waals surface area contributed by atoms with Crippen LogP contribution in [-0.4, -0.2) is 35.4 Å². The van der Waals surface area contributed by atoms with Crippen molar-refractivity contribution < 1.29 is 4.79 Å². The van der Waals surface area contributed by atoms with Crippen LogP contribution < -0.4 is 5.32 Å². The third kappa shape index (κ3) is 4.78. The van der Waals surface area contributed by atoms with E-state index in [-0.39, 0.29) is 5.91 Å². The average molecular weight is 324 g/mol. The van der Waals surface area contributed by atoms with Crippen LogP contribution in [0.5, 0.6) is 0 Å². The quantitative estimate of drug-likeness (QED) is 0.906. The summed E-state index contributed by atoms with van der Waals surface area (Å²) in [5.41, 5.74) is 1.11. The summed E-state index contributed by atoms with van der Waals surface area (Å²) in [4.78, 5) is 18.7. The van der Waals surface area contributed by atoms with Gasteiger partial charge in [-0.05, 0) is 37.6 Å². The van der Waals surface area contributed by atoms with E-state index in [0.717, 1.165) is 29.7 Å². The summed E-state index contributed by atoms with van der Waals surface area (Å²) < 4.78 is 0. The molecule has 0 aromatic carbocycles. The third-order valence-electron chi connectivity index (χ3n) is 4.66. The van der Waals surface area contributed by atoms with E-state index < -0.39 is 0 Å². The van der Waals surface area contributed by atoms with Crippen molar-refractivity contribution in [3.8, 4) is 0 Å². The molecule has 1 aromatic heterocycles. The highest BCUT2D eigenvalue weighted by molar-refractivity contribution is 7.09. The standard InChI is InChI=1S/C17H29N3OS/c1-12(2)15-6-5-13(3)7-8-20(15)10-14-11-22-17(19-14)9-16(21)18-4/h11-13,15H,5-10H2,1-4H3,(H,18,21). The zero-order valence-electron chi connectivity index (χ0n) is 14.3. The summed E-state index contributed by atoms with van der Waals surface area (Å²) in [6.07, 6.45) is 4.29. The highest BCUT2D eigenvalue weighted by Gasteiger charge is 2.26. The molecule has 5 heteroatoms. The summed E-state index contributed by atoms with van der Waals surface area (Å²) in [5, 5.41) is 5.69. The lowest BCUT2D eigenvalue weighted by Gasteiger charge is -2.32. The van der Waals surface area contributed by atoms with Gasteiger partial charge in [0.25, 0.3) is 0 Å². The number of nitrogens with one attached hydrogen (secondary N) is 1. The number of aromatic nitrogens is 1. The largest absolute Gasteiger partial charge is 0.359 e. The predicted molar refractivity (Wildman–Crippen MR) is 91.9 cm³/mol. The summed E-state index contributed by atoms with van der Waals surface area (Å²) in [6, 6.07) is 0.647. The number of thiazole rings is 1. The van der Waals surface area contributed by atoms with Crippen LogP contribution in [0.4, 0.5) is 0 Å². The fraction of sp³-hybridized carbons (Fsp3) is 0.765. The Morgan fingerprint density at radius 3 is 2.91 bits per heavy atom. The van der Waals surface area contributed by atoms with Gasteiger partial charge in [-0.2, -0.15) is 0 Å². The van der Waals surface area contributed by atoms with Gasteiger partial charge in [0.2, 0.25) is 5.91 Å². The molecule has 1 saturated heterocycles. The van der Waals surface area contributed by atoms with Crippen LogP contribution in [0, 0.1) is 11.8 Å². The van der Waals surface area contributed by atoms with Gasteiger partial charge in [0.15, 0.2) is 0 Å². The van der Waals surface area contributed by atoms with Crippen molar-refractivity contribution in [3.63, 3.8) is 0 Å². The number of rotatable bonds is 5. The average Bonchev–Trinajstić information content (AvgIpc) is 2.82. The molecular weight excluding hydrogens is 294 g/mol. The molecule has 1 amide bonds. The van der Waals surface area contributed by atoms with Gasteiger partial charge >= 0.3 is 0 Å². The number of carbonyl (C=O) groups is 1. The zero-order valence-corrected chi connectivity index (χ0v) is 15.1. The van der Waals surface area contributed by atoms with E-state index >= 15 is 0 Å². The van der Waals surface area contributed by atoms with Crippen molar-refractivity contribution in [2.75, 3.05) is 13.6 Å². The van der Waals surface area contributed by atoms with E-state index in [1.807, 2.05) is 0 Å². The smallest absolute Gasteiger partial charge is 0.226 e. The van der Waals surface area contributed by atoms with Crippen LogP contribution in [-0.2, 0) is 17.8 Å². The Hall–Kier alpha value is -0.940. The van der Waals surface area contributed by atoms with E-state index in [1.54, 1.807) is 18.4 Å². The lowest BCUT2D eigenvalue weighted by Crippen LogP contribution is -2.38. The van der Waals surface area contributed by atoms with Gasteiger partial charge < -0.3 is 5.32 Å². The second-order valence-electron chi connectivity index (χ2n) is 6.84. The molecule has 1 aliphatic rings. The van der Waals surface area contributed by atoms with Gasteiger partial charge in [0.1, 0.15) is 5.01 Å². The molecular formula is C17H29N3OS. The van der Waals surface area contributed by atoms with Crippen molar-refractivity contribution in [1.82, 2.24) is 15.2 Å². The topological polar surface area (TPSA) is 45.2 Å². The molecule has 1 N–H and O–H groups in total. The monoisotopic (exact) mass is 323 g/mol. The molecule has 4 nitrogen and oxygen atoms in total. The number of amides is 1. The van der Waals surface area contributed by atoms with Gasteiger partial charge in [0, 0.05) is 25.0 Å². The minimum absolute atomic E-state index is 0.0320. The Labute approximate surface area is 138 Å². The molecule has 124 valence electrons. The molecule has 1 aromatic rings. The normalized spacial score (nSPS) is 23.5. The van der Waals surface area contributed by atoms with Crippen molar-refractivity contribution >= 4 is 17.2 Å². The molecule has 0 aliphatic carbocycles. The number of likely N-dealkylation sites (tertiary alicyclic amines) is 1. The Balaban J connectivity index is 2.02. The second-order valence-corrected chi connectivity index (χ2v) is 7.78. The first-order valence-electron chi connectivity index (χ1n) is 8.37. The van der Waals surface area contributed by atoms with Gasteiger partial charge in [-0.1, -0.05) is 20.8 Å². The Morgan fingerprint density at radius 1 is 1.45 bits per heavy atom. The molecule has 2 atom stereocenters. The van der Waals surface area contributed by atoms with E-state index in [4.69, 9.17) is 0 Å². The first-order chi connectivity index (χ1) is 10.5. The lowest BCUT2D eigenvalue weighted by atomic mass is 9.95. The molecule has 2 heterocycles. The Morgan fingerprint density at radius 2 is 2.23 bits per heavy atom. The van der Waals surface area contributed by atoms with Gasteiger partial charge in [-0.3, -0.25) is 9.69 Å². The SMILES string of the molecule is CNC(=O)Cc1nc(CN2CCC(C)CCC2C(C)C)cs1. The number of hydrogen-bond donors (Lipinski definition) is 1. The highest BCUT2D eigenvalue weighted by Crippen LogP contribution is 2.27. The molecule has 0 saturated carbocycles. The molecule has 0 bridgehead atoms. The first-order valence-corrected chi connectivity index (χ1v) is 9.25. The summed E-state index contributed by atoms with van der Waals surface area (Å²) >= 11 is 1.60. The molecule has 0 radical (unpaired) electrons. The number of hydrogen-bond acceptors (Lipinski definition) is 4. The van der Waals surface area contributed by atoms with Gasteiger partial charge in [-0.25, -0.2) is 4.98 Å². The van der Waals surface area contributed by atoms with Gasteiger partial charge in [0.05, 0.1) is 12.1 Å². The van der Waals surface area contributed by atoms with Crippen molar-refractivity contribution in [3.05, 3.63) is 16.1 Å². The molecule has 0 spiro atoms. The van der Waals surface area contributed by atoms with E-state index in [0.29, 0.717) is 18.4 Å². The summed E-state index contributed by atoms with van der Waals surface area (Å²) in [7, 11) is 1.67. The predicted octanol–water partition coefficient (Wildman–Crippen LogP) is 3.08. The minimum Gasteiger partial charge on any atom is -0.359 e. The Bertz CT molecular complexity index is 486. The van der Waals surface area contributed by atoms with Crippen LogP contribution in [0.3, 0.4) is 0 Å². The fourth-order valence-corrected chi connectivity index (χ4v) is 4.01. The van der Waals surface area contributed by atoms with Crippen molar-refractivity contribution in [1.29, 1.82) is 0 Å². The van der Waals surface area contributed by atoms with E-state index in [2.05, 4.69) is 41.4 Å². The third-order valence-corrected chi connectivity index (χ3v) is 5.56. The van der Waals surface area contributed by atoms with E-state index in [9.17, 15) is 4.79 Å². The minimum atomic E-state index is 0.0320. The number of likely N-dealkylation sites (N-methyl/N-ethyl adjacent to an activating group) is 1. The van der Waals surface area contributed by atoms with Crippen LogP contribution in [0.2, 0.25) is 0 Å². The highest BCUT2D eigenvalue weighted by atomic mass is 32.1. The van der Waals surface area contributed by atoms with Crippen molar-refractivity contribution in [2.24, 2.45) is 11.8 Å². The summed E-state index contributed by atoms with van der Waals surface area (Å²) in [6.45, 7) is 9.09. The maximum Gasteiger partial charge on any atom is 0.226 e. The Kier molecular flexibility index (Phi) is 6.38. The second kappa shape index (κ2) is 8.06. The fourth-order valence-electron chi connectivity index (χ4n) is 3.22. The van der Waals surface area contributed by atoms with Crippen molar-refractivity contribution in [2.45, 2.75) is 59.0 Å². The number of carbonyl (C=O) groups excluding carboxylic acids is 1. The van der Waals surface area contributed by atoms with Crippen LogP contribution in [0.25, 0.3) is 0 Å². The zero-order chi connectivity index (χ0) is 16.1. The maximum atomic E-state index is 11.4. The van der Waals surface area contributed by atoms with Crippen LogP contribution >= 0.6 is 11.3 Å². The molecule has 1 aliphatic heterocycles. The molecule has 1 fully saturated rings. The lowest BCUT2D eigenvalue weighted by molar-refractivity contribution is -0.119. The number of nitrogens with zero attached hydrogens (tertiary/aromatic N) is 2.